The van der Waals surface area contributed by atoms with Crippen molar-refractivity contribution in [2.45, 2.75) is 89.1 Å². The van der Waals surface area contributed by atoms with Crippen LogP contribution in [0.4, 0.5) is 0 Å². The fourth-order valence-electron chi connectivity index (χ4n) is 8.11. The topological polar surface area (TPSA) is 117 Å². The van der Waals surface area contributed by atoms with Gasteiger partial charge in [-0.1, -0.05) is 25.5 Å². The molecular weight excluding hydrogens is 434 g/mol. The first-order valence-corrected chi connectivity index (χ1v) is 12.4. The molecule has 8 atom stereocenters. The van der Waals surface area contributed by atoms with Crippen LogP contribution in [-0.4, -0.2) is 55.5 Å². The van der Waals surface area contributed by atoms with Gasteiger partial charge in [0.25, 0.3) is 0 Å². The number of rotatable bonds is 3. The molecule has 4 aliphatic carbocycles. The number of Topliss-reactive ketones (excluding diaryl/α,β-unsaturated/α-hetero) is 1. The van der Waals surface area contributed by atoms with Gasteiger partial charge in [0.2, 0.25) is 0 Å². The second-order valence-corrected chi connectivity index (χ2v) is 11.4. The Kier molecular flexibility index (Phi) is 5.36. The number of aliphatic hydroxyl groups excluding tert-OH is 1. The van der Waals surface area contributed by atoms with Gasteiger partial charge in [-0.2, -0.15) is 0 Å². The molecule has 1 heterocycles. The fraction of sp³-hybridized carbons (Fsp3) is 0.667. The number of aliphatic hydroxyl groups is 3. The van der Waals surface area contributed by atoms with E-state index in [2.05, 4.69) is 11.9 Å². The van der Waals surface area contributed by atoms with Crippen LogP contribution < -0.4 is 0 Å². The highest BCUT2D eigenvalue weighted by atomic mass is 16.5. The molecule has 0 aliphatic heterocycles. The number of aromatic nitrogens is 1. The van der Waals surface area contributed by atoms with Crippen LogP contribution in [0.1, 0.15) is 76.1 Å². The fourth-order valence-corrected chi connectivity index (χ4v) is 8.11. The first-order chi connectivity index (χ1) is 16.0. The molecule has 0 spiro atoms. The Hall–Kier alpha value is -2.09. The van der Waals surface area contributed by atoms with Crippen molar-refractivity contribution in [3.63, 3.8) is 0 Å². The van der Waals surface area contributed by atoms with E-state index < -0.39 is 46.1 Å². The Morgan fingerprint density at radius 2 is 1.94 bits per heavy atom. The maximum Gasteiger partial charge on any atom is 0.339 e. The van der Waals surface area contributed by atoms with Crippen LogP contribution in [0.25, 0.3) is 0 Å². The van der Waals surface area contributed by atoms with Crippen LogP contribution in [0.5, 0.6) is 0 Å². The van der Waals surface area contributed by atoms with Crippen LogP contribution in [0.2, 0.25) is 0 Å². The standard InChI is InChI=1S/C27H35NO6/c1-16(29)20-8-11-27(33)25(20,3)22(34-23(31)17-5-4-12-28-15-17)14-21-24(2)9-7-19(30)13-18(24)6-10-26(21,27)32/h4-6,12,15,19-22,30,32-33H,7-11,13-14H2,1-3H3/t19-,20+,21?,22+,24-,25-,26-,27+/m0/s1. The minimum atomic E-state index is -1.60. The second kappa shape index (κ2) is 7.70. The third kappa shape index (κ3) is 2.96. The molecular formula is C27H35NO6. The molecule has 4 aliphatic rings. The van der Waals surface area contributed by atoms with Crippen molar-refractivity contribution in [2.24, 2.45) is 22.7 Å². The van der Waals surface area contributed by atoms with Gasteiger partial charge in [-0.05, 0) is 69.4 Å². The summed E-state index contributed by atoms with van der Waals surface area (Å²) in [5.41, 5.74) is -3.20. The molecule has 0 saturated heterocycles. The molecule has 3 saturated carbocycles. The van der Waals surface area contributed by atoms with Crippen LogP contribution in [0, 0.1) is 22.7 Å². The van der Waals surface area contributed by atoms with E-state index in [0.717, 1.165) is 5.57 Å². The Bertz CT molecular complexity index is 1040. The molecule has 3 fully saturated rings. The lowest BCUT2D eigenvalue weighted by Gasteiger charge is -2.66. The predicted octanol–water partition coefficient (Wildman–Crippen LogP) is 2.98. The molecule has 7 heteroatoms. The van der Waals surface area contributed by atoms with Gasteiger partial charge in [0, 0.05) is 29.6 Å². The van der Waals surface area contributed by atoms with E-state index in [1.54, 1.807) is 18.3 Å². The molecule has 0 bridgehead atoms. The zero-order chi connectivity index (χ0) is 24.5. The van der Waals surface area contributed by atoms with Crippen molar-refractivity contribution in [1.29, 1.82) is 0 Å². The highest BCUT2D eigenvalue weighted by Crippen LogP contribution is 2.70. The second-order valence-electron chi connectivity index (χ2n) is 11.4. The molecule has 0 aromatic carbocycles. The molecule has 3 N–H and O–H groups in total. The summed E-state index contributed by atoms with van der Waals surface area (Å²) in [6, 6.07) is 3.29. The van der Waals surface area contributed by atoms with E-state index in [0.29, 0.717) is 37.7 Å². The molecule has 34 heavy (non-hydrogen) atoms. The summed E-state index contributed by atoms with van der Waals surface area (Å²) in [4.78, 5) is 29.9. The number of hydrogen-bond acceptors (Lipinski definition) is 7. The zero-order valence-electron chi connectivity index (χ0n) is 20.2. The number of carbonyl (C=O) groups is 2. The van der Waals surface area contributed by atoms with E-state index in [4.69, 9.17) is 4.74 Å². The van der Waals surface area contributed by atoms with Gasteiger partial charge >= 0.3 is 5.97 Å². The van der Waals surface area contributed by atoms with E-state index in [1.807, 2.05) is 13.0 Å². The molecule has 0 amide bonds. The van der Waals surface area contributed by atoms with Crippen LogP contribution in [-0.2, 0) is 9.53 Å². The average Bonchev–Trinajstić information content (AvgIpc) is 3.10. The minimum absolute atomic E-state index is 0.0676. The number of ether oxygens (including phenoxy) is 1. The van der Waals surface area contributed by atoms with Gasteiger partial charge in [-0.15, -0.1) is 0 Å². The summed E-state index contributed by atoms with van der Waals surface area (Å²) in [6.45, 7) is 5.43. The molecule has 0 radical (unpaired) electrons. The number of esters is 1. The van der Waals surface area contributed by atoms with Crippen LogP contribution in [0.15, 0.2) is 36.2 Å². The van der Waals surface area contributed by atoms with Crippen molar-refractivity contribution < 1.29 is 29.6 Å². The van der Waals surface area contributed by atoms with Crippen molar-refractivity contribution in [3.8, 4) is 0 Å². The summed E-state index contributed by atoms with van der Waals surface area (Å²) in [5, 5.41) is 35.0. The van der Waals surface area contributed by atoms with Crippen LogP contribution in [0.3, 0.4) is 0 Å². The highest BCUT2D eigenvalue weighted by Gasteiger charge is 2.77. The minimum Gasteiger partial charge on any atom is -0.458 e. The Balaban J connectivity index is 1.61. The van der Waals surface area contributed by atoms with E-state index in [1.165, 1.54) is 13.1 Å². The van der Waals surface area contributed by atoms with Gasteiger partial charge in [-0.25, -0.2) is 4.79 Å². The van der Waals surface area contributed by atoms with E-state index in [9.17, 15) is 24.9 Å². The number of carbonyl (C=O) groups excluding carboxylic acids is 2. The average molecular weight is 470 g/mol. The number of hydrogen-bond donors (Lipinski definition) is 3. The monoisotopic (exact) mass is 469 g/mol. The van der Waals surface area contributed by atoms with Gasteiger partial charge in [0.15, 0.2) is 0 Å². The lowest BCUT2D eigenvalue weighted by molar-refractivity contribution is -0.297. The predicted molar refractivity (Wildman–Crippen MR) is 124 cm³/mol. The van der Waals surface area contributed by atoms with Crippen molar-refractivity contribution in [1.82, 2.24) is 4.98 Å². The van der Waals surface area contributed by atoms with Crippen LogP contribution >= 0.6 is 0 Å². The van der Waals surface area contributed by atoms with Gasteiger partial charge in [0.1, 0.15) is 23.1 Å². The van der Waals surface area contributed by atoms with Gasteiger partial charge in [0.05, 0.1) is 11.7 Å². The van der Waals surface area contributed by atoms with E-state index in [-0.39, 0.29) is 24.5 Å². The van der Waals surface area contributed by atoms with Gasteiger partial charge < -0.3 is 20.1 Å². The van der Waals surface area contributed by atoms with Crippen molar-refractivity contribution in [3.05, 3.63) is 41.7 Å². The van der Waals surface area contributed by atoms with Gasteiger partial charge in [-0.3, -0.25) is 9.78 Å². The molecule has 1 unspecified atom stereocenters. The van der Waals surface area contributed by atoms with Crippen molar-refractivity contribution in [2.75, 3.05) is 0 Å². The lowest BCUT2D eigenvalue weighted by Crippen LogP contribution is -2.75. The number of nitrogens with zero attached hydrogens (tertiary/aromatic N) is 1. The van der Waals surface area contributed by atoms with E-state index >= 15 is 0 Å². The van der Waals surface area contributed by atoms with Crippen molar-refractivity contribution >= 4 is 11.8 Å². The number of fused-ring (bicyclic) bond motifs is 5. The maximum atomic E-state index is 13.1. The Morgan fingerprint density at radius 1 is 1.18 bits per heavy atom. The largest absolute Gasteiger partial charge is 0.458 e. The smallest absolute Gasteiger partial charge is 0.339 e. The Labute approximate surface area is 200 Å². The normalized spacial score (nSPS) is 45.4. The molecule has 7 nitrogen and oxygen atoms in total. The quantitative estimate of drug-likeness (QED) is 0.460. The maximum absolute atomic E-state index is 13.1. The highest BCUT2D eigenvalue weighted by molar-refractivity contribution is 5.89. The Morgan fingerprint density at radius 3 is 2.62 bits per heavy atom. The first kappa shape index (κ1) is 23.6. The zero-order valence-corrected chi connectivity index (χ0v) is 20.2. The summed E-state index contributed by atoms with van der Waals surface area (Å²) in [6.07, 6.45) is 7.01. The number of pyridine rings is 1. The first-order valence-electron chi connectivity index (χ1n) is 12.4. The third-order valence-corrected chi connectivity index (χ3v) is 10.1. The molecule has 1 aromatic heterocycles. The summed E-state index contributed by atoms with van der Waals surface area (Å²) in [5.74, 6) is -1.51. The summed E-state index contributed by atoms with van der Waals surface area (Å²) in [7, 11) is 0. The summed E-state index contributed by atoms with van der Waals surface area (Å²) >= 11 is 0. The molecule has 184 valence electrons. The molecule has 5 rings (SSSR count). The SMILES string of the molecule is CC(=O)[C@H]1CC[C@@]2(O)[C@]1(C)[C@H](OC(=O)c1cccnc1)CC1[C@@]3(C)CC[C@H](O)CC3=CC[C@]12O. The molecule has 1 aromatic rings. The summed E-state index contributed by atoms with van der Waals surface area (Å²) < 4.78 is 6.11. The lowest BCUT2D eigenvalue weighted by atomic mass is 9.43. The third-order valence-electron chi connectivity index (χ3n) is 10.1. The number of ketones is 1.